The Kier molecular flexibility index (Phi) is 5.89. The van der Waals surface area contributed by atoms with E-state index in [0.717, 1.165) is 0 Å². The summed E-state index contributed by atoms with van der Waals surface area (Å²) in [5.41, 5.74) is 5.78. The number of carbonyl (C=O) groups is 3. The molecule has 0 radical (unpaired) electrons. The van der Waals surface area contributed by atoms with Gasteiger partial charge in [-0.2, -0.15) is 0 Å². The van der Waals surface area contributed by atoms with Crippen molar-refractivity contribution in [3.63, 3.8) is 0 Å². The van der Waals surface area contributed by atoms with Crippen LogP contribution in [0.1, 0.15) is 25.7 Å². The van der Waals surface area contributed by atoms with E-state index in [1.54, 1.807) is 11.1 Å². The summed E-state index contributed by atoms with van der Waals surface area (Å²) >= 11 is 0. The molecule has 2 rings (SSSR count). The topological polar surface area (TPSA) is 119 Å². The number of primary amides is 1. The standard InChI is InChI=1S/C15H20N2O6/c16-14(20)10-2-1-6-17(8-10)13-4-3-11(23-13)9-22-15(21)12(19)5-7-18/h1,6-8,11-13,19H,2-5,9H2,(H2,16,20). The van der Waals surface area contributed by atoms with Crippen molar-refractivity contribution in [2.75, 3.05) is 6.61 Å². The van der Waals surface area contributed by atoms with E-state index in [4.69, 9.17) is 15.2 Å². The normalized spacial score (nSPS) is 24.9. The van der Waals surface area contributed by atoms with Gasteiger partial charge in [0.1, 0.15) is 19.1 Å². The van der Waals surface area contributed by atoms with Gasteiger partial charge in [-0.3, -0.25) is 4.79 Å². The highest BCUT2D eigenvalue weighted by Crippen LogP contribution is 2.26. The number of ether oxygens (including phenoxy) is 2. The minimum Gasteiger partial charge on any atom is -0.461 e. The van der Waals surface area contributed by atoms with Crippen LogP contribution in [0.25, 0.3) is 0 Å². The predicted octanol–water partition coefficient (Wildman–Crippen LogP) is -0.427. The third kappa shape index (κ3) is 4.64. The maximum atomic E-state index is 11.4. The molecule has 1 amide bonds. The Morgan fingerprint density at radius 1 is 1.52 bits per heavy atom. The number of rotatable bonds is 7. The summed E-state index contributed by atoms with van der Waals surface area (Å²) < 4.78 is 10.7. The number of amides is 1. The molecule has 3 unspecified atom stereocenters. The van der Waals surface area contributed by atoms with Gasteiger partial charge in [-0.25, -0.2) is 4.79 Å². The van der Waals surface area contributed by atoms with E-state index in [2.05, 4.69) is 0 Å². The van der Waals surface area contributed by atoms with Crippen molar-refractivity contribution in [1.82, 2.24) is 4.90 Å². The first-order valence-corrected chi connectivity index (χ1v) is 7.39. The lowest BCUT2D eigenvalue weighted by molar-refractivity contribution is -0.159. The Balaban J connectivity index is 1.81. The number of esters is 1. The van der Waals surface area contributed by atoms with Crippen LogP contribution in [0.4, 0.5) is 0 Å². The van der Waals surface area contributed by atoms with Gasteiger partial charge in [0, 0.05) is 24.4 Å². The Labute approximate surface area is 133 Å². The number of aliphatic hydroxyl groups excluding tert-OH is 1. The van der Waals surface area contributed by atoms with E-state index < -0.39 is 18.0 Å². The molecule has 8 nitrogen and oxygen atoms in total. The number of nitrogens with two attached hydrogens (primary N) is 1. The molecule has 0 saturated carbocycles. The first kappa shape index (κ1) is 17.2. The fraction of sp³-hybridized carbons (Fsp3) is 0.533. The molecular weight excluding hydrogens is 304 g/mol. The molecule has 2 aliphatic heterocycles. The predicted molar refractivity (Wildman–Crippen MR) is 78.4 cm³/mol. The van der Waals surface area contributed by atoms with E-state index in [1.807, 2.05) is 12.3 Å². The number of nitrogens with zero attached hydrogens (tertiary/aromatic N) is 1. The van der Waals surface area contributed by atoms with E-state index in [9.17, 15) is 19.5 Å². The fourth-order valence-electron chi connectivity index (χ4n) is 2.41. The van der Waals surface area contributed by atoms with Crippen molar-refractivity contribution in [3.8, 4) is 0 Å². The largest absolute Gasteiger partial charge is 0.461 e. The van der Waals surface area contributed by atoms with Crippen LogP contribution in [0.2, 0.25) is 0 Å². The monoisotopic (exact) mass is 324 g/mol. The summed E-state index contributed by atoms with van der Waals surface area (Å²) in [4.78, 5) is 34.6. The van der Waals surface area contributed by atoms with Gasteiger partial charge in [-0.05, 0) is 19.3 Å². The summed E-state index contributed by atoms with van der Waals surface area (Å²) in [6, 6.07) is 0. The average Bonchev–Trinajstić information content (AvgIpc) is 3.02. The number of aliphatic hydroxyl groups is 1. The van der Waals surface area contributed by atoms with Crippen LogP contribution in [-0.2, 0) is 23.9 Å². The van der Waals surface area contributed by atoms with Gasteiger partial charge in [-0.15, -0.1) is 0 Å². The highest BCUT2D eigenvalue weighted by molar-refractivity contribution is 5.92. The molecule has 0 aromatic heterocycles. The molecule has 1 fully saturated rings. The Morgan fingerprint density at radius 2 is 2.30 bits per heavy atom. The van der Waals surface area contributed by atoms with Gasteiger partial charge in [0.15, 0.2) is 6.10 Å². The van der Waals surface area contributed by atoms with E-state index in [-0.39, 0.29) is 25.4 Å². The van der Waals surface area contributed by atoms with Gasteiger partial charge >= 0.3 is 5.97 Å². The maximum absolute atomic E-state index is 11.4. The highest BCUT2D eigenvalue weighted by atomic mass is 16.6. The van der Waals surface area contributed by atoms with E-state index >= 15 is 0 Å². The Bertz CT molecular complexity index is 530. The van der Waals surface area contributed by atoms with Gasteiger partial charge < -0.3 is 30.0 Å². The van der Waals surface area contributed by atoms with E-state index in [1.165, 1.54) is 0 Å². The molecule has 2 aliphatic rings. The first-order chi connectivity index (χ1) is 11.0. The summed E-state index contributed by atoms with van der Waals surface area (Å²) in [5, 5.41) is 9.31. The van der Waals surface area contributed by atoms with Crippen LogP contribution in [0.5, 0.6) is 0 Å². The maximum Gasteiger partial charge on any atom is 0.335 e. The molecule has 3 N–H and O–H groups in total. The molecule has 23 heavy (non-hydrogen) atoms. The minimum absolute atomic E-state index is 0.00912. The van der Waals surface area contributed by atoms with Gasteiger partial charge in [-0.1, -0.05) is 6.08 Å². The number of aldehydes is 1. The van der Waals surface area contributed by atoms with Crippen molar-refractivity contribution >= 4 is 18.2 Å². The molecule has 2 heterocycles. The zero-order chi connectivity index (χ0) is 16.8. The second kappa shape index (κ2) is 7.89. The molecule has 0 aromatic rings. The molecule has 8 heteroatoms. The minimum atomic E-state index is -1.43. The molecule has 1 saturated heterocycles. The third-order valence-corrected chi connectivity index (χ3v) is 3.66. The summed E-state index contributed by atoms with van der Waals surface area (Å²) in [6.45, 7) is 0.00912. The first-order valence-electron chi connectivity index (χ1n) is 7.39. The molecule has 3 atom stereocenters. The number of hydrogen-bond acceptors (Lipinski definition) is 7. The van der Waals surface area contributed by atoms with Crippen LogP contribution in [0, 0.1) is 0 Å². The number of hydrogen-bond donors (Lipinski definition) is 2. The van der Waals surface area contributed by atoms with E-state index in [0.29, 0.717) is 31.1 Å². The Morgan fingerprint density at radius 3 is 3.00 bits per heavy atom. The summed E-state index contributed by atoms with van der Waals surface area (Å²) in [6.07, 6.45) is 5.35. The summed E-state index contributed by atoms with van der Waals surface area (Å²) in [5.74, 6) is -1.30. The van der Waals surface area contributed by atoms with Crippen LogP contribution >= 0.6 is 0 Å². The van der Waals surface area contributed by atoms with Crippen molar-refractivity contribution in [2.45, 2.75) is 44.1 Å². The SMILES string of the molecule is NC(=O)C1=CN(C2CCC(COC(=O)C(O)CC=O)O2)C=CC1. The van der Waals surface area contributed by atoms with Crippen LogP contribution in [-0.4, -0.2) is 53.2 Å². The average molecular weight is 324 g/mol. The molecule has 0 bridgehead atoms. The van der Waals surface area contributed by atoms with Crippen molar-refractivity contribution in [1.29, 1.82) is 0 Å². The highest BCUT2D eigenvalue weighted by Gasteiger charge is 2.30. The van der Waals surface area contributed by atoms with Crippen molar-refractivity contribution in [2.24, 2.45) is 5.73 Å². The van der Waals surface area contributed by atoms with Crippen LogP contribution in [0.15, 0.2) is 24.0 Å². The second-order valence-electron chi connectivity index (χ2n) is 5.39. The molecule has 0 aromatic carbocycles. The van der Waals surface area contributed by atoms with Crippen molar-refractivity contribution in [3.05, 3.63) is 24.0 Å². The lowest BCUT2D eigenvalue weighted by Gasteiger charge is -2.27. The quantitative estimate of drug-likeness (QED) is 0.482. The van der Waals surface area contributed by atoms with Crippen LogP contribution in [0.3, 0.4) is 0 Å². The molecule has 126 valence electrons. The molecule has 0 aliphatic carbocycles. The van der Waals surface area contributed by atoms with Gasteiger partial charge in [0.25, 0.3) is 0 Å². The fourth-order valence-corrected chi connectivity index (χ4v) is 2.41. The van der Waals surface area contributed by atoms with Gasteiger partial charge in [0.2, 0.25) is 5.91 Å². The lowest BCUT2D eigenvalue weighted by Crippen LogP contribution is -2.31. The smallest absolute Gasteiger partial charge is 0.335 e. The van der Waals surface area contributed by atoms with Crippen molar-refractivity contribution < 1.29 is 29.0 Å². The summed E-state index contributed by atoms with van der Waals surface area (Å²) in [7, 11) is 0. The molecular formula is C15H20N2O6. The number of carbonyl (C=O) groups excluding carboxylic acids is 3. The van der Waals surface area contributed by atoms with Gasteiger partial charge in [0.05, 0.1) is 6.10 Å². The third-order valence-electron chi connectivity index (χ3n) is 3.66. The second-order valence-corrected chi connectivity index (χ2v) is 5.39. The zero-order valence-electron chi connectivity index (χ0n) is 12.6. The Hall–Kier alpha value is -2.19. The zero-order valence-corrected chi connectivity index (χ0v) is 12.6. The number of allylic oxidation sites excluding steroid dienone is 1. The lowest BCUT2D eigenvalue weighted by atomic mass is 10.1. The molecule has 0 spiro atoms. The van der Waals surface area contributed by atoms with Crippen LogP contribution < -0.4 is 5.73 Å².